The number of ether oxygens (including phenoxy) is 1. The van der Waals surface area contributed by atoms with Crippen molar-refractivity contribution in [1.29, 1.82) is 5.26 Å². The number of nitriles is 1. The Morgan fingerprint density at radius 3 is 2.81 bits per heavy atom. The van der Waals surface area contributed by atoms with E-state index < -0.39 is 11.6 Å². The number of rotatable bonds is 6. The highest BCUT2D eigenvalue weighted by molar-refractivity contribution is 7.22. The van der Waals surface area contributed by atoms with Crippen molar-refractivity contribution >= 4 is 38.2 Å². The van der Waals surface area contributed by atoms with Gasteiger partial charge in [0.05, 0.1) is 16.8 Å². The zero-order valence-electron chi connectivity index (χ0n) is 13.7. The van der Waals surface area contributed by atoms with E-state index >= 15 is 0 Å². The molecule has 1 heterocycles. The third kappa shape index (κ3) is 3.84. The third-order valence-electron chi connectivity index (χ3n) is 3.36. The molecule has 1 aromatic heterocycles. The number of halogens is 1. The van der Waals surface area contributed by atoms with E-state index in [1.54, 1.807) is 6.07 Å². The highest BCUT2D eigenvalue weighted by Crippen LogP contribution is 2.29. The summed E-state index contributed by atoms with van der Waals surface area (Å²) in [5.41, 5.74) is 3.22. The van der Waals surface area contributed by atoms with Crippen LogP contribution in [0.1, 0.15) is 17.3 Å². The van der Waals surface area contributed by atoms with E-state index in [2.05, 4.69) is 15.5 Å². The quantitative estimate of drug-likeness (QED) is 0.403. The summed E-state index contributed by atoms with van der Waals surface area (Å²) in [6.07, 6.45) is 0. The number of nitrogens with one attached hydrogen (secondary N) is 1. The summed E-state index contributed by atoms with van der Waals surface area (Å²) in [6.45, 7) is 2.47. The molecule has 0 unspecified atom stereocenters. The van der Waals surface area contributed by atoms with Crippen LogP contribution in [0.5, 0.6) is 5.75 Å². The minimum Gasteiger partial charge on any atom is -0.494 e. The monoisotopic (exact) mass is 368 g/mol. The number of thiazole rings is 1. The predicted octanol–water partition coefficient (Wildman–Crippen LogP) is 4.01. The van der Waals surface area contributed by atoms with Crippen molar-refractivity contribution in [3.8, 4) is 11.8 Å². The number of hydrogen-bond donors (Lipinski definition) is 1. The second-order valence-electron chi connectivity index (χ2n) is 5.10. The molecule has 0 saturated heterocycles. The summed E-state index contributed by atoms with van der Waals surface area (Å²) in [5.74, 6) is -0.321. The van der Waals surface area contributed by atoms with E-state index in [0.717, 1.165) is 28.1 Å². The van der Waals surface area contributed by atoms with Gasteiger partial charge in [0, 0.05) is 5.56 Å². The average molecular weight is 368 g/mol. The summed E-state index contributed by atoms with van der Waals surface area (Å²) < 4.78 is 19.3. The molecule has 0 spiro atoms. The Bertz CT molecular complexity index is 1020. The minimum atomic E-state index is -0.597. The summed E-state index contributed by atoms with van der Waals surface area (Å²) in [5, 5.41) is 13.5. The maximum atomic E-state index is 12.9. The van der Waals surface area contributed by atoms with Crippen molar-refractivity contribution in [1.82, 2.24) is 4.98 Å². The molecule has 0 atom stereocenters. The van der Waals surface area contributed by atoms with Crippen molar-refractivity contribution in [2.75, 3.05) is 12.0 Å². The molecule has 0 bridgehead atoms. The van der Waals surface area contributed by atoms with Gasteiger partial charge in [-0.3, -0.25) is 10.2 Å². The molecule has 6 nitrogen and oxygen atoms in total. The second-order valence-corrected chi connectivity index (χ2v) is 6.13. The standard InChI is InChI=1S/C18H13FN4O2S/c1-2-25-13-7-8-14-16(9-13)26-18(21-14)23-22-15(10-20)17(24)11-3-5-12(19)6-4-11/h3-9H,2H2,1H3,(H,21,23)/b22-15-. The van der Waals surface area contributed by atoms with E-state index in [1.807, 2.05) is 25.1 Å². The Morgan fingerprint density at radius 1 is 1.35 bits per heavy atom. The maximum absolute atomic E-state index is 12.9. The van der Waals surface area contributed by atoms with Crippen LogP contribution in [-0.2, 0) is 0 Å². The number of fused-ring (bicyclic) bond motifs is 1. The van der Waals surface area contributed by atoms with Gasteiger partial charge < -0.3 is 4.74 Å². The van der Waals surface area contributed by atoms with Gasteiger partial charge >= 0.3 is 0 Å². The van der Waals surface area contributed by atoms with Crippen molar-refractivity contribution in [2.24, 2.45) is 5.10 Å². The van der Waals surface area contributed by atoms with Crippen molar-refractivity contribution in [2.45, 2.75) is 6.92 Å². The normalized spacial score (nSPS) is 11.2. The van der Waals surface area contributed by atoms with E-state index in [-0.39, 0.29) is 11.3 Å². The van der Waals surface area contributed by atoms with E-state index in [0.29, 0.717) is 11.7 Å². The molecule has 130 valence electrons. The van der Waals surface area contributed by atoms with Gasteiger partial charge in [0.25, 0.3) is 0 Å². The van der Waals surface area contributed by atoms with Crippen LogP contribution in [0.2, 0.25) is 0 Å². The second kappa shape index (κ2) is 7.72. The lowest BCUT2D eigenvalue weighted by Crippen LogP contribution is -2.14. The van der Waals surface area contributed by atoms with Crippen LogP contribution in [0.4, 0.5) is 9.52 Å². The molecule has 8 heteroatoms. The Hall–Kier alpha value is -3.31. The van der Waals surface area contributed by atoms with Gasteiger partial charge in [0.2, 0.25) is 16.6 Å². The molecule has 26 heavy (non-hydrogen) atoms. The first-order valence-corrected chi connectivity index (χ1v) is 8.50. The number of anilines is 1. The number of nitrogens with zero attached hydrogens (tertiary/aromatic N) is 3. The van der Waals surface area contributed by atoms with Crippen LogP contribution < -0.4 is 10.2 Å². The average Bonchev–Trinajstić information content (AvgIpc) is 3.05. The Morgan fingerprint density at radius 2 is 2.12 bits per heavy atom. The van der Waals surface area contributed by atoms with Crippen molar-refractivity contribution in [3.05, 3.63) is 53.8 Å². The summed E-state index contributed by atoms with van der Waals surface area (Å²) in [4.78, 5) is 16.6. The number of hydrazone groups is 1. The Labute approximate surface area is 152 Å². The molecule has 3 rings (SSSR count). The highest BCUT2D eigenvalue weighted by atomic mass is 32.1. The molecular formula is C18H13FN4O2S. The number of carbonyl (C=O) groups excluding carboxylic acids is 1. The fourth-order valence-electron chi connectivity index (χ4n) is 2.18. The zero-order chi connectivity index (χ0) is 18.5. The molecular weight excluding hydrogens is 355 g/mol. The summed E-state index contributed by atoms with van der Waals surface area (Å²) >= 11 is 1.32. The SMILES string of the molecule is CCOc1ccc2nc(N/N=C(/C#N)C(=O)c3ccc(F)cc3)sc2c1. The van der Waals surface area contributed by atoms with Crippen LogP contribution >= 0.6 is 11.3 Å². The van der Waals surface area contributed by atoms with Crippen molar-refractivity contribution in [3.63, 3.8) is 0 Å². The molecule has 0 saturated carbocycles. The molecule has 3 aromatic rings. The molecule has 0 aliphatic rings. The lowest BCUT2D eigenvalue weighted by molar-refractivity contribution is 0.106. The number of ketones is 1. The van der Waals surface area contributed by atoms with Gasteiger partial charge in [0.15, 0.2) is 0 Å². The molecule has 0 aliphatic heterocycles. The highest BCUT2D eigenvalue weighted by Gasteiger charge is 2.14. The van der Waals surface area contributed by atoms with Crippen LogP contribution in [0.15, 0.2) is 47.6 Å². The molecule has 1 N–H and O–H groups in total. The van der Waals surface area contributed by atoms with Crippen LogP contribution in [0.25, 0.3) is 10.2 Å². The van der Waals surface area contributed by atoms with Gasteiger partial charge in [-0.25, -0.2) is 9.37 Å². The first-order chi connectivity index (χ1) is 12.6. The number of carbonyl (C=O) groups is 1. The fourth-order valence-corrected chi connectivity index (χ4v) is 3.01. The fraction of sp³-hybridized carbons (Fsp3) is 0.111. The van der Waals surface area contributed by atoms with Crippen LogP contribution in [0, 0.1) is 17.1 Å². The molecule has 0 radical (unpaired) electrons. The maximum Gasteiger partial charge on any atom is 0.223 e. The lowest BCUT2D eigenvalue weighted by Gasteiger charge is -2.00. The lowest BCUT2D eigenvalue weighted by atomic mass is 10.1. The summed E-state index contributed by atoms with van der Waals surface area (Å²) in [6, 6.07) is 12.2. The number of hydrogen-bond acceptors (Lipinski definition) is 7. The molecule has 0 amide bonds. The first-order valence-electron chi connectivity index (χ1n) is 7.68. The smallest absolute Gasteiger partial charge is 0.223 e. The van der Waals surface area contributed by atoms with Crippen LogP contribution in [0.3, 0.4) is 0 Å². The summed E-state index contributed by atoms with van der Waals surface area (Å²) in [7, 11) is 0. The predicted molar refractivity (Wildman–Crippen MR) is 98.2 cm³/mol. The van der Waals surface area contributed by atoms with Gasteiger partial charge in [-0.15, -0.1) is 0 Å². The van der Waals surface area contributed by atoms with Gasteiger partial charge in [-0.05, 0) is 49.4 Å². The Balaban J connectivity index is 1.80. The first kappa shape index (κ1) is 17.5. The molecule has 2 aromatic carbocycles. The zero-order valence-corrected chi connectivity index (χ0v) is 14.5. The third-order valence-corrected chi connectivity index (χ3v) is 4.28. The minimum absolute atomic E-state index is 0.180. The van der Waals surface area contributed by atoms with Gasteiger partial charge in [-0.1, -0.05) is 11.3 Å². The Kier molecular flexibility index (Phi) is 5.20. The van der Waals surface area contributed by atoms with Gasteiger partial charge in [0.1, 0.15) is 17.6 Å². The van der Waals surface area contributed by atoms with E-state index in [1.165, 1.54) is 23.5 Å². The van der Waals surface area contributed by atoms with Crippen LogP contribution in [-0.4, -0.2) is 23.1 Å². The molecule has 0 aliphatic carbocycles. The van der Waals surface area contributed by atoms with Gasteiger partial charge in [-0.2, -0.15) is 10.4 Å². The number of Topliss-reactive ketones (excluding diaryl/α,β-unsaturated/α-hetero) is 1. The number of benzene rings is 2. The molecule has 0 fully saturated rings. The topological polar surface area (TPSA) is 87.4 Å². The van der Waals surface area contributed by atoms with E-state index in [4.69, 9.17) is 4.74 Å². The van der Waals surface area contributed by atoms with Crippen molar-refractivity contribution < 1.29 is 13.9 Å². The largest absolute Gasteiger partial charge is 0.494 e. The number of aromatic nitrogens is 1. The van der Waals surface area contributed by atoms with E-state index in [9.17, 15) is 14.4 Å².